The number of pyridine rings is 1. The first-order chi connectivity index (χ1) is 45.6. The van der Waals surface area contributed by atoms with E-state index in [0.29, 0.717) is 5.82 Å². The van der Waals surface area contributed by atoms with Crippen LogP contribution < -0.4 is 0 Å². The first-order valence-corrected chi connectivity index (χ1v) is 31.3. The highest BCUT2D eigenvalue weighted by Crippen LogP contribution is 2.42. The van der Waals surface area contributed by atoms with E-state index in [4.69, 9.17) is 15.0 Å². The minimum absolute atomic E-state index is 0.650. The lowest BCUT2D eigenvalue weighted by molar-refractivity contribution is 1.18. The number of benzene rings is 13. The van der Waals surface area contributed by atoms with Crippen molar-refractivity contribution in [3.63, 3.8) is 0 Å². The Labute approximate surface area is 533 Å². The van der Waals surface area contributed by atoms with Crippen LogP contribution in [0.5, 0.6) is 0 Å². The fourth-order valence-electron chi connectivity index (χ4n) is 13.4. The number of hydrogen-bond donors (Lipinski definition) is 0. The topological polar surface area (TPSA) is 48.5 Å². The zero-order valence-corrected chi connectivity index (χ0v) is 50.1. The van der Waals surface area contributed by atoms with E-state index < -0.39 is 0 Å². The summed E-state index contributed by atoms with van der Waals surface area (Å²) in [4.78, 5) is 15.9. The molecular weight excluding hydrogens is 1110 g/mol. The quantitative estimate of drug-likeness (QED) is 0.122. The van der Waals surface area contributed by atoms with Gasteiger partial charge < -0.3 is 9.13 Å². The molecule has 0 atom stereocenters. The van der Waals surface area contributed by atoms with Gasteiger partial charge in [-0.3, -0.25) is 4.98 Å². The zero-order chi connectivity index (χ0) is 60.9. The van der Waals surface area contributed by atoms with E-state index >= 15 is 0 Å². The normalized spacial score (nSPS) is 11.5. The summed E-state index contributed by atoms with van der Waals surface area (Å²) in [5.41, 5.74) is 26.8. The van der Waals surface area contributed by atoms with Gasteiger partial charge >= 0.3 is 0 Å². The van der Waals surface area contributed by atoms with Crippen molar-refractivity contribution in [3.8, 4) is 123 Å². The summed E-state index contributed by atoms with van der Waals surface area (Å²) in [7, 11) is 0. The maximum Gasteiger partial charge on any atom is 0.160 e. The number of rotatable bonds is 12. The lowest BCUT2D eigenvalue weighted by Gasteiger charge is -2.16. The molecule has 13 aromatic carbocycles. The lowest BCUT2D eigenvalue weighted by Crippen LogP contribution is -1.97. The lowest BCUT2D eigenvalue weighted by atomic mass is 9.93. The Balaban J connectivity index is 0.814. The molecule has 0 N–H and O–H groups in total. The summed E-state index contributed by atoms with van der Waals surface area (Å²) in [5, 5.41) is 4.82. The SMILES string of the molecule is c1ccc(-c2ccc3c4ccc(-c5ccccc5)cc4n(-c4ccc(-c5cc(-c6cccc(-c7nc(-c8ccccc8)cc(-c8ccccc8)n7)c6)c(-c6ccc(-n7c8cc(-c9ccccc9)ccc8c8ccc(-c9ccccc9)cc87)cc6)cn5)cc4)c3c2)cc1. The van der Waals surface area contributed by atoms with E-state index in [1.54, 1.807) is 0 Å². The van der Waals surface area contributed by atoms with Crippen molar-refractivity contribution in [2.45, 2.75) is 0 Å². The van der Waals surface area contributed by atoms with E-state index in [1.807, 2.05) is 12.1 Å². The van der Waals surface area contributed by atoms with Crippen molar-refractivity contribution < 1.29 is 0 Å². The van der Waals surface area contributed by atoms with E-state index in [2.05, 4.69) is 343 Å². The average Bonchev–Trinajstić information content (AvgIpc) is 1.60. The van der Waals surface area contributed by atoms with Crippen LogP contribution in [0.1, 0.15) is 0 Å². The molecule has 0 saturated heterocycles. The molecular formula is C87H57N5. The Kier molecular flexibility index (Phi) is 13.5. The summed E-state index contributed by atoms with van der Waals surface area (Å²) in [6.45, 7) is 0. The minimum atomic E-state index is 0.650. The third-order valence-corrected chi connectivity index (χ3v) is 18.0. The third-order valence-electron chi connectivity index (χ3n) is 18.0. The van der Waals surface area contributed by atoms with Crippen LogP contribution in [0.15, 0.2) is 346 Å². The molecule has 0 spiro atoms. The molecule has 0 aliphatic carbocycles. The smallest absolute Gasteiger partial charge is 0.160 e. The van der Waals surface area contributed by atoms with E-state index in [-0.39, 0.29) is 0 Å². The van der Waals surface area contributed by atoms with Gasteiger partial charge in [-0.05, 0) is 128 Å². The van der Waals surface area contributed by atoms with Crippen LogP contribution in [0.3, 0.4) is 0 Å². The highest BCUT2D eigenvalue weighted by atomic mass is 15.0. The zero-order valence-electron chi connectivity index (χ0n) is 50.1. The molecule has 0 saturated carbocycles. The first-order valence-electron chi connectivity index (χ1n) is 31.3. The summed E-state index contributed by atoms with van der Waals surface area (Å²) in [5.74, 6) is 0.650. The highest BCUT2D eigenvalue weighted by Gasteiger charge is 2.20. The molecule has 17 rings (SSSR count). The van der Waals surface area contributed by atoms with Crippen molar-refractivity contribution in [2.24, 2.45) is 0 Å². The van der Waals surface area contributed by atoms with E-state index in [0.717, 1.165) is 95.0 Å². The second kappa shape index (κ2) is 23.0. The van der Waals surface area contributed by atoms with Crippen LogP contribution >= 0.6 is 0 Å². The number of hydrogen-bond acceptors (Lipinski definition) is 3. The summed E-state index contributed by atoms with van der Waals surface area (Å²) in [6.07, 6.45) is 2.06. The third kappa shape index (κ3) is 9.91. The Morgan fingerprint density at radius 2 is 0.511 bits per heavy atom. The van der Waals surface area contributed by atoms with Crippen LogP contribution in [0, 0.1) is 0 Å². The van der Waals surface area contributed by atoms with Crippen LogP contribution in [0.4, 0.5) is 0 Å². The molecule has 0 bridgehead atoms. The fraction of sp³-hybridized carbons (Fsp3) is 0. The molecule has 0 aliphatic rings. The van der Waals surface area contributed by atoms with Crippen molar-refractivity contribution >= 4 is 43.6 Å². The number of aromatic nitrogens is 5. The molecule has 92 heavy (non-hydrogen) atoms. The first kappa shape index (κ1) is 53.9. The van der Waals surface area contributed by atoms with Gasteiger partial charge in [0.25, 0.3) is 0 Å². The van der Waals surface area contributed by atoms with E-state index in [9.17, 15) is 0 Å². The van der Waals surface area contributed by atoms with Crippen molar-refractivity contribution in [1.29, 1.82) is 0 Å². The van der Waals surface area contributed by atoms with Gasteiger partial charge in [0.15, 0.2) is 5.82 Å². The minimum Gasteiger partial charge on any atom is -0.309 e. The molecule has 0 radical (unpaired) electrons. The predicted molar refractivity (Wildman–Crippen MR) is 383 cm³/mol. The predicted octanol–water partition coefficient (Wildman–Crippen LogP) is 22.7. The molecule has 430 valence electrons. The highest BCUT2D eigenvalue weighted by molar-refractivity contribution is 6.12. The second-order valence-electron chi connectivity index (χ2n) is 23.5. The van der Waals surface area contributed by atoms with Gasteiger partial charge in [0.05, 0.1) is 39.1 Å². The van der Waals surface area contributed by atoms with Gasteiger partial charge in [0, 0.05) is 66.9 Å². The molecule has 0 unspecified atom stereocenters. The maximum atomic E-state index is 5.36. The van der Waals surface area contributed by atoms with Gasteiger partial charge in [-0.15, -0.1) is 0 Å². The monoisotopic (exact) mass is 1170 g/mol. The van der Waals surface area contributed by atoms with Crippen molar-refractivity contribution in [1.82, 2.24) is 24.1 Å². The number of nitrogens with zero attached hydrogens (tertiary/aromatic N) is 5. The van der Waals surface area contributed by atoms with Gasteiger partial charge in [0.1, 0.15) is 0 Å². The largest absolute Gasteiger partial charge is 0.309 e. The van der Waals surface area contributed by atoms with Crippen LogP contribution in [-0.2, 0) is 0 Å². The van der Waals surface area contributed by atoms with Gasteiger partial charge in [0.2, 0.25) is 0 Å². The maximum absolute atomic E-state index is 5.36. The molecule has 5 nitrogen and oxygen atoms in total. The van der Waals surface area contributed by atoms with Crippen molar-refractivity contribution in [2.75, 3.05) is 0 Å². The summed E-state index contributed by atoms with van der Waals surface area (Å²) in [6, 6.07) is 122. The molecule has 4 aromatic heterocycles. The molecule has 5 heteroatoms. The molecule has 0 fully saturated rings. The van der Waals surface area contributed by atoms with Crippen LogP contribution in [-0.4, -0.2) is 24.1 Å². The van der Waals surface area contributed by atoms with Gasteiger partial charge in [-0.2, -0.15) is 0 Å². The standard InChI is InChI=1S/C87H57N5/c1-7-20-58(21-8-1)66-38-46-74-75-47-39-67(59-22-9-2-10-23-59)52-84(75)91(83(74)51-66)72-42-34-62(35-43-72)79-57-88-80(55-78(79)70-32-19-33-71(50-70)87-89-81(63-28-15-5-16-29-63)56-82(90-87)64-30-17-6-18-31-64)65-36-44-73(45-37-65)92-85-53-68(60-24-11-3-12-25-60)40-48-76(85)77-49-41-69(54-86(77)92)61-26-13-4-14-27-61/h1-57H. The Morgan fingerprint density at radius 3 is 0.891 bits per heavy atom. The van der Waals surface area contributed by atoms with Crippen molar-refractivity contribution in [3.05, 3.63) is 346 Å². The Hall–Kier alpha value is -12.3. The van der Waals surface area contributed by atoms with E-state index in [1.165, 1.54) is 66.1 Å². The Bertz CT molecular complexity index is 5320. The Morgan fingerprint density at radius 1 is 0.196 bits per heavy atom. The van der Waals surface area contributed by atoms with Crippen LogP contribution in [0.25, 0.3) is 167 Å². The van der Waals surface area contributed by atoms with Gasteiger partial charge in [-0.25, -0.2) is 9.97 Å². The molecule has 4 heterocycles. The fourth-order valence-corrected chi connectivity index (χ4v) is 13.4. The molecule has 0 amide bonds. The molecule has 0 aliphatic heterocycles. The number of fused-ring (bicyclic) bond motifs is 6. The average molecular weight is 1170 g/mol. The van der Waals surface area contributed by atoms with Crippen LogP contribution in [0.2, 0.25) is 0 Å². The second-order valence-corrected chi connectivity index (χ2v) is 23.5. The molecule has 17 aromatic rings. The van der Waals surface area contributed by atoms with Gasteiger partial charge in [-0.1, -0.05) is 273 Å². The summed E-state index contributed by atoms with van der Waals surface area (Å²) < 4.78 is 4.85. The summed E-state index contributed by atoms with van der Waals surface area (Å²) >= 11 is 0.